The first-order chi connectivity index (χ1) is 15.2. The third-order valence-corrected chi connectivity index (χ3v) is 6.95. The van der Waals surface area contributed by atoms with Crippen LogP contribution in [0.5, 0.6) is 0 Å². The first-order valence-corrected chi connectivity index (χ1v) is 12.3. The van der Waals surface area contributed by atoms with Crippen molar-refractivity contribution in [3.05, 3.63) is 52.9 Å². The topological polar surface area (TPSA) is 51.2 Å². The second-order valence-electron chi connectivity index (χ2n) is 8.10. The van der Waals surface area contributed by atoms with E-state index in [1.807, 2.05) is 4.90 Å². The zero-order chi connectivity index (χ0) is 21.5. The summed E-state index contributed by atoms with van der Waals surface area (Å²) in [4.78, 5) is 24.3. The van der Waals surface area contributed by atoms with Gasteiger partial charge in [-0.15, -0.1) is 11.3 Å². The Bertz CT molecular complexity index is 874. The zero-order valence-electron chi connectivity index (χ0n) is 18.4. The molecule has 3 heterocycles. The molecule has 2 aromatic rings. The number of carbonyl (C=O) groups excluding carboxylic acids is 1. The standard InChI is InChI=1S/C24H33N5OS/c1-2-25-24(28-16-14-27(15-17-28)23-10-6-18-31-23)26-12-5-9-22(30)29-13-11-20-7-3-4-8-21(20)19-29/h3-4,6-8,10,18H,2,5,9,11-17,19H2,1H3,(H,25,26). The van der Waals surface area contributed by atoms with Gasteiger partial charge in [-0.3, -0.25) is 9.79 Å². The molecule has 0 atom stereocenters. The Labute approximate surface area is 189 Å². The molecule has 1 N–H and O–H groups in total. The van der Waals surface area contributed by atoms with Crippen molar-refractivity contribution in [3.8, 4) is 0 Å². The third kappa shape index (κ3) is 5.58. The summed E-state index contributed by atoms with van der Waals surface area (Å²) in [5.41, 5.74) is 2.67. The molecule has 2 aliphatic rings. The molecule has 0 saturated carbocycles. The minimum absolute atomic E-state index is 0.249. The van der Waals surface area contributed by atoms with E-state index in [9.17, 15) is 4.79 Å². The Morgan fingerprint density at radius 3 is 2.58 bits per heavy atom. The molecule has 0 bridgehead atoms. The van der Waals surface area contributed by atoms with Gasteiger partial charge in [0.15, 0.2) is 5.96 Å². The minimum Gasteiger partial charge on any atom is -0.360 e. The number of amides is 1. The molecular formula is C24H33N5OS. The van der Waals surface area contributed by atoms with Crippen molar-refractivity contribution >= 4 is 28.2 Å². The Hall–Kier alpha value is -2.54. The van der Waals surface area contributed by atoms with Crippen LogP contribution >= 0.6 is 11.3 Å². The highest BCUT2D eigenvalue weighted by molar-refractivity contribution is 7.14. The fourth-order valence-corrected chi connectivity index (χ4v) is 5.08. The maximum absolute atomic E-state index is 12.7. The van der Waals surface area contributed by atoms with Crippen LogP contribution in [0.15, 0.2) is 46.8 Å². The van der Waals surface area contributed by atoms with Crippen molar-refractivity contribution in [2.75, 3.05) is 50.7 Å². The highest BCUT2D eigenvalue weighted by Crippen LogP contribution is 2.22. The molecule has 1 amide bonds. The van der Waals surface area contributed by atoms with Crippen LogP contribution in [0, 0.1) is 0 Å². The molecule has 166 valence electrons. The zero-order valence-corrected chi connectivity index (χ0v) is 19.2. The van der Waals surface area contributed by atoms with E-state index < -0.39 is 0 Å². The van der Waals surface area contributed by atoms with Crippen LogP contribution in [0.25, 0.3) is 0 Å². The summed E-state index contributed by atoms with van der Waals surface area (Å²) >= 11 is 1.80. The van der Waals surface area contributed by atoms with Crippen LogP contribution in [0.2, 0.25) is 0 Å². The molecule has 0 aliphatic carbocycles. The van der Waals surface area contributed by atoms with Crippen molar-refractivity contribution in [2.45, 2.75) is 32.7 Å². The van der Waals surface area contributed by atoms with Crippen LogP contribution in [0.1, 0.15) is 30.9 Å². The normalized spacial score (nSPS) is 16.9. The molecule has 4 rings (SSSR count). The number of thiophene rings is 1. The van der Waals surface area contributed by atoms with E-state index in [0.29, 0.717) is 13.0 Å². The molecule has 1 saturated heterocycles. The number of nitrogens with zero attached hydrogens (tertiary/aromatic N) is 4. The van der Waals surface area contributed by atoms with E-state index in [1.54, 1.807) is 11.3 Å². The van der Waals surface area contributed by atoms with Gasteiger partial charge in [0.05, 0.1) is 5.00 Å². The van der Waals surface area contributed by atoms with Crippen LogP contribution in [0.3, 0.4) is 0 Å². The van der Waals surface area contributed by atoms with Crippen LogP contribution in [-0.4, -0.2) is 67.5 Å². The molecule has 1 aromatic carbocycles. The number of piperazine rings is 1. The van der Waals surface area contributed by atoms with Gasteiger partial charge in [-0.1, -0.05) is 24.3 Å². The number of fused-ring (bicyclic) bond motifs is 1. The number of nitrogens with one attached hydrogen (secondary N) is 1. The smallest absolute Gasteiger partial charge is 0.222 e. The fraction of sp³-hybridized carbons (Fsp3) is 0.500. The summed E-state index contributed by atoms with van der Waals surface area (Å²) in [6, 6.07) is 12.8. The summed E-state index contributed by atoms with van der Waals surface area (Å²) in [5, 5.41) is 6.91. The van der Waals surface area contributed by atoms with E-state index in [1.165, 1.54) is 16.1 Å². The van der Waals surface area contributed by atoms with Crippen LogP contribution < -0.4 is 10.2 Å². The number of anilines is 1. The number of benzene rings is 1. The van der Waals surface area contributed by atoms with Crippen LogP contribution in [0.4, 0.5) is 5.00 Å². The number of guanidine groups is 1. The van der Waals surface area contributed by atoms with Crippen molar-refractivity contribution in [1.29, 1.82) is 0 Å². The predicted molar refractivity (Wildman–Crippen MR) is 129 cm³/mol. The van der Waals surface area contributed by atoms with E-state index in [0.717, 1.165) is 64.6 Å². The minimum atomic E-state index is 0.249. The lowest BCUT2D eigenvalue weighted by atomic mass is 9.99. The molecule has 0 unspecified atom stereocenters. The Balaban J connectivity index is 1.23. The monoisotopic (exact) mass is 439 g/mol. The summed E-state index contributed by atoms with van der Waals surface area (Å²) in [6.07, 6.45) is 2.32. The first-order valence-electron chi connectivity index (χ1n) is 11.4. The third-order valence-electron chi connectivity index (χ3n) is 6.03. The molecule has 6 nitrogen and oxygen atoms in total. The van der Waals surface area contributed by atoms with E-state index >= 15 is 0 Å². The highest BCUT2D eigenvalue weighted by Gasteiger charge is 2.21. The summed E-state index contributed by atoms with van der Waals surface area (Å²) in [6.45, 7) is 9.19. The average Bonchev–Trinajstić information content (AvgIpc) is 3.36. The number of rotatable bonds is 6. The SMILES string of the molecule is CCNC(=NCCCC(=O)N1CCc2ccccc2C1)N1CCN(c2cccs2)CC1. The van der Waals surface area contributed by atoms with Crippen molar-refractivity contribution in [1.82, 2.24) is 15.1 Å². The van der Waals surface area contributed by atoms with Gasteiger partial charge in [0.25, 0.3) is 0 Å². The van der Waals surface area contributed by atoms with Gasteiger partial charge in [0.2, 0.25) is 5.91 Å². The maximum Gasteiger partial charge on any atom is 0.222 e. The van der Waals surface area contributed by atoms with Crippen molar-refractivity contribution < 1.29 is 4.79 Å². The lowest BCUT2D eigenvalue weighted by Gasteiger charge is -2.37. The maximum atomic E-state index is 12.7. The number of hydrogen-bond donors (Lipinski definition) is 1. The summed E-state index contributed by atoms with van der Waals surface area (Å²) < 4.78 is 0. The van der Waals surface area contributed by atoms with E-state index in [2.05, 4.69) is 63.8 Å². The Kier molecular flexibility index (Phi) is 7.46. The second kappa shape index (κ2) is 10.7. The Morgan fingerprint density at radius 2 is 1.84 bits per heavy atom. The first kappa shape index (κ1) is 21.7. The molecule has 1 aromatic heterocycles. The van der Waals surface area contributed by atoms with Gasteiger partial charge in [-0.05, 0) is 48.4 Å². The lowest BCUT2D eigenvalue weighted by Crippen LogP contribution is -2.52. The molecule has 2 aliphatic heterocycles. The van der Waals surface area contributed by atoms with Gasteiger partial charge in [0, 0.05) is 58.8 Å². The quantitative estimate of drug-likeness (QED) is 0.427. The van der Waals surface area contributed by atoms with Gasteiger partial charge < -0.3 is 20.0 Å². The second-order valence-corrected chi connectivity index (χ2v) is 9.02. The number of hydrogen-bond acceptors (Lipinski definition) is 4. The lowest BCUT2D eigenvalue weighted by molar-refractivity contribution is -0.132. The Morgan fingerprint density at radius 1 is 1.03 bits per heavy atom. The van der Waals surface area contributed by atoms with E-state index in [-0.39, 0.29) is 5.91 Å². The fourth-order valence-electron chi connectivity index (χ4n) is 4.30. The summed E-state index contributed by atoms with van der Waals surface area (Å²) in [7, 11) is 0. The van der Waals surface area contributed by atoms with Gasteiger partial charge in [0.1, 0.15) is 0 Å². The van der Waals surface area contributed by atoms with Crippen molar-refractivity contribution in [3.63, 3.8) is 0 Å². The number of carbonyl (C=O) groups is 1. The molecule has 31 heavy (non-hydrogen) atoms. The predicted octanol–water partition coefficient (Wildman–Crippen LogP) is 3.20. The highest BCUT2D eigenvalue weighted by atomic mass is 32.1. The average molecular weight is 440 g/mol. The van der Waals surface area contributed by atoms with Gasteiger partial charge in [-0.2, -0.15) is 0 Å². The van der Waals surface area contributed by atoms with Gasteiger partial charge in [-0.25, -0.2) is 0 Å². The molecule has 7 heteroatoms. The molecular weight excluding hydrogens is 406 g/mol. The van der Waals surface area contributed by atoms with E-state index in [4.69, 9.17) is 4.99 Å². The number of aliphatic imine (C=N–C) groups is 1. The molecule has 1 fully saturated rings. The molecule has 0 spiro atoms. The molecule has 0 radical (unpaired) electrons. The summed E-state index contributed by atoms with van der Waals surface area (Å²) in [5.74, 6) is 1.23. The van der Waals surface area contributed by atoms with Gasteiger partial charge >= 0.3 is 0 Å². The van der Waals surface area contributed by atoms with Crippen molar-refractivity contribution in [2.24, 2.45) is 4.99 Å². The van der Waals surface area contributed by atoms with Crippen LogP contribution in [-0.2, 0) is 17.8 Å². The largest absolute Gasteiger partial charge is 0.360 e.